The van der Waals surface area contributed by atoms with E-state index in [0.717, 1.165) is 12.0 Å². The van der Waals surface area contributed by atoms with Gasteiger partial charge in [0.25, 0.3) is 10.0 Å². The average Bonchev–Trinajstić information content (AvgIpc) is 2.41. The van der Waals surface area contributed by atoms with Crippen molar-refractivity contribution < 1.29 is 8.42 Å². The van der Waals surface area contributed by atoms with Gasteiger partial charge >= 0.3 is 0 Å². The van der Waals surface area contributed by atoms with E-state index in [-0.39, 0.29) is 4.90 Å². The van der Waals surface area contributed by atoms with Crippen molar-refractivity contribution in [1.82, 2.24) is 0 Å². The molecule has 0 heterocycles. The Balaban J connectivity index is 2.31. The lowest BCUT2D eigenvalue weighted by molar-refractivity contribution is 0.601. The van der Waals surface area contributed by atoms with Crippen LogP contribution in [0.3, 0.4) is 0 Å². The Morgan fingerprint density at radius 3 is 2.30 bits per heavy atom. The summed E-state index contributed by atoms with van der Waals surface area (Å²) in [7, 11) is -3.58. The topological polar surface area (TPSA) is 46.2 Å². The van der Waals surface area contributed by atoms with Crippen LogP contribution in [0, 0.1) is 6.92 Å². The minimum absolute atomic E-state index is 0.195. The Morgan fingerprint density at radius 1 is 1.10 bits per heavy atom. The smallest absolute Gasteiger partial charge is 0.261 e. The largest absolute Gasteiger partial charge is 0.279 e. The number of sulfonamides is 1. The Bertz CT molecular complexity index is 709. The molecule has 5 heteroatoms. The molecule has 0 amide bonds. The highest BCUT2D eigenvalue weighted by atomic mass is 35.5. The third kappa shape index (κ3) is 3.32. The molecule has 106 valence electrons. The van der Waals surface area contributed by atoms with Crippen molar-refractivity contribution in [3.05, 3.63) is 58.6 Å². The molecule has 3 nitrogen and oxygen atoms in total. The van der Waals surface area contributed by atoms with E-state index in [1.54, 1.807) is 18.2 Å². The van der Waals surface area contributed by atoms with Gasteiger partial charge in [-0.3, -0.25) is 4.72 Å². The van der Waals surface area contributed by atoms with Gasteiger partial charge in [0.15, 0.2) is 0 Å². The Kier molecular flexibility index (Phi) is 4.35. The van der Waals surface area contributed by atoms with Crippen LogP contribution in [0.15, 0.2) is 47.4 Å². The molecule has 0 saturated heterocycles. The maximum atomic E-state index is 12.3. The second-order valence-electron chi connectivity index (χ2n) is 4.56. The third-order valence-electron chi connectivity index (χ3n) is 3.07. The molecular weight excluding hydrogens is 294 g/mol. The van der Waals surface area contributed by atoms with Crippen molar-refractivity contribution in [3.63, 3.8) is 0 Å². The van der Waals surface area contributed by atoms with Gasteiger partial charge in [0, 0.05) is 5.02 Å². The van der Waals surface area contributed by atoms with Crippen LogP contribution < -0.4 is 4.72 Å². The van der Waals surface area contributed by atoms with Crippen LogP contribution in [0.1, 0.15) is 18.1 Å². The van der Waals surface area contributed by atoms with Crippen molar-refractivity contribution >= 4 is 27.3 Å². The van der Waals surface area contributed by atoms with Crippen LogP contribution in [-0.4, -0.2) is 8.42 Å². The monoisotopic (exact) mass is 309 g/mol. The van der Waals surface area contributed by atoms with E-state index >= 15 is 0 Å². The molecule has 0 aliphatic heterocycles. The normalized spacial score (nSPS) is 11.3. The quantitative estimate of drug-likeness (QED) is 0.927. The number of benzene rings is 2. The zero-order valence-corrected chi connectivity index (χ0v) is 12.9. The van der Waals surface area contributed by atoms with E-state index in [1.165, 1.54) is 17.7 Å². The second-order valence-corrected chi connectivity index (χ2v) is 6.68. The van der Waals surface area contributed by atoms with Gasteiger partial charge < -0.3 is 0 Å². The van der Waals surface area contributed by atoms with Crippen LogP contribution in [0.25, 0.3) is 0 Å². The summed E-state index contributed by atoms with van der Waals surface area (Å²) in [4.78, 5) is 0.195. The van der Waals surface area contributed by atoms with Crippen LogP contribution in [-0.2, 0) is 16.4 Å². The van der Waals surface area contributed by atoms with Crippen LogP contribution in [0.2, 0.25) is 5.02 Å². The van der Waals surface area contributed by atoms with Crippen LogP contribution in [0.5, 0.6) is 0 Å². The summed E-state index contributed by atoms with van der Waals surface area (Å²) in [5.41, 5.74) is 2.68. The standard InChI is InChI=1S/C15H16ClNO2S/c1-3-12-4-9-15(11(2)10-12)17-20(18,19)14-7-5-13(16)6-8-14/h4-10,17H,3H2,1-2H3. The Hall–Kier alpha value is -1.52. The van der Waals surface area contributed by atoms with Gasteiger partial charge in [0.2, 0.25) is 0 Å². The van der Waals surface area contributed by atoms with Crippen molar-refractivity contribution in [3.8, 4) is 0 Å². The minimum Gasteiger partial charge on any atom is -0.279 e. The number of anilines is 1. The molecule has 0 radical (unpaired) electrons. The molecular formula is C15H16ClNO2S. The summed E-state index contributed by atoms with van der Waals surface area (Å²) in [5, 5.41) is 0.507. The molecule has 0 fully saturated rings. The fraction of sp³-hybridized carbons (Fsp3) is 0.200. The van der Waals surface area contributed by atoms with Gasteiger partial charge in [0.05, 0.1) is 10.6 Å². The van der Waals surface area contributed by atoms with Crippen LogP contribution in [0.4, 0.5) is 5.69 Å². The van der Waals surface area contributed by atoms with E-state index in [1.807, 2.05) is 19.1 Å². The maximum Gasteiger partial charge on any atom is 0.261 e. The second kappa shape index (κ2) is 5.85. The number of hydrogen-bond donors (Lipinski definition) is 1. The summed E-state index contributed by atoms with van der Waals surface area (Å²) in [6.45, 7) is 3.95. The molecule has 20 heavy (non-hydrogen) atoms. The van der Waals surface area contributed by atoms with E-state index in [0.29, 0.717) is 10.7 Å². The molecule has 1 N–H and O–H groups in total. The fourth-order valence-electron chi connectivity index (χ4n) is 1.88. The van der Waals surface area contributed by atoms with Crippen molar-refractivity contribution in [2.24, 2.45) is 0 Å². The molecule has 2 aromatic rings. The summed E-state index contributed by atoms with van der Waals surface area (Å²) >= 11 is 5.77. The number of aryl methyl sites for hydroxylation is 2. The number of halogens is 1. The van der Waals surface area contributed by atoms with E-state index in [2.05, 4.69) is 11.6 Å². The Labute approximate surface area is 124 Å². The van der Waals surface area contributed by atoms with E-state index < -0.39 is 10.0 Å². The summed E-state index contributed by atoms with van der Waals surface area (Å²) < 4.78 is 27.1. The lowest BCUT2D eigenvalue weighted by Crippen LogP contribution is -2.13. The zero-order chi connectivity index (χ0) is 14.8. The molecule has 0 aliphatic carbocycles. The minimum atomic E-state index is -3.58. The average molecular weight is 310 g/mol. The van der Waals surface area contributed by atoms with Gasteiger partial charge in [-0.1, -0.05) is 30.7 Å². The highest BCUT2D eigenvalue weighted by Gasteiger charge is 2.15. The molecule has 2 rings (SSSR count). The Morgan fingerprint density at radius 2 is 1.75 bits per heavy atom. The highest BCUT2D eigenvalue weighted by molar-refractivity contribution is 7.92. The summed E-state index contributed by atoms with van der Waals surface area (Å²) in [6, 6.07) is 11.8. The van der Waals surface area contributed by atoms with Gasteiger partial charge in [-0.15, -0.1) is 0 Å². The molecule has 2 aromatic carbocycles. The highest BCUT2D eigenvalue weighted by Crippen LogP contribution is 2.22. The molecule has 0 saturated carbocycles. The lowest BCUT2D eigenvalue weighted by atomic mass is 10.1. The van der Waals surface area contributed by atoms with Gasteiger partial charge in [-0.25, -0.2) is 8.42 Å². The van der Waals surface area contributed by atoms with Gasteiger partial charge in [0.1, 0.15) is 0 Å². The van der Waals surface area contributed by atoms with Gasteiger partial charge in [-0.2, -0.15) is 0 Å². The predicted molar refractivity (Wildman–Crippen MR) is 82.8 cm³/mol. The first-order valence-corrected chi connectivity index (χ1v) is 8.16. The lowest BCUT2D eigenvalue weighted by Gasteiger charge is -2.11. The third-order valence-corrected chi connectivity index (χ3v) is 4.70. The summed E-state index contributed by atoms with van der Waals surface area (Å²) in [5.74, 6) is 0. The maximum absolute atomic E-state index is 12.3. The molecule has 0 atom stereocenters. The molecule has 0 aromatic heterocycles. The predicted octanol–water partition coefficient (Wildman–Crippen LogP) is 4.01. The van der Waals surface area contributed by atoms with Crippen molar-refractivity contribution in [2.75, 3.05) is 4.72 Å². The molecule has 0 aliphatic rings. The summed E-state index contributed by atoms with van der Waals surface area (Å²) in [6.07, 6.45) is 0.922. The number of hydrogen-bond acceptors (Lipinski definition) is 2. The van der Waals surface area contributed by atoms with Crippen LogP contribution >= 0.6 is 11.6 Å². The molecule has 0 unspecified atom stereocenters. The van der Waals surface area contributed by atoms with E-state index in [4.69, 9.17) is 11.6 Å². The first-order chi connectivity index (χ1) is 9.42. The zero-order valence-electron chi connectivity index (χ0n) is 11.4. The number of nitrogens with one attached hydrogen (secondary N) is 1. The van der Waals surface area contributed by atoms with Crippen molar-refractivity contribution in [1.29, 1.82) is 0 Å². The van der Waals surface area contributed by atoms with Crippen molar-refractivity contribution in [2.45, 2.75) is 25.2 Å². The first-order valence-electron chi connectivity index (χ1n) is 6.30. The SMILES string of the molecule is CCc1ccc(NS(=O)(=O)c2ccc(Cl)cc2)c(C)c1. The first kappa shape index (κ1) is 14.9. The molecule has 0 spiro atoms. The van der Waals surface area contributed by atoms with E-state index in [9.17, 15) is 8.42 Å². The molecule has 0 bridgehead atoms. The van der Waals surface area contributed by atoms with Gasteiger partial charge in [-0.05, 0) is 54.8 Å². The fourth-order valence-corrected chi connectivity index (χ4v) is 3.13. The number of rotatable bonds is 4.